The van der Waals surface area contributed by atoms with Crippen LogP contribution in [0.4, 0.5) is 4.39 Å². The van der Waals surface area contributed by atoms with Gasteiger partial charge in [-0.05, 0) is 18.6 Å². The molecule has 1 heterocycles. The number of rotatable bonds is 7. The summed E-state index contributed by atoms with van der Waals surface area (Å²) in [6.45, 7) is 2.06. The summed E-state index contributed by atoms with van der Waals surface area (Å²) in [6.07, 6.45) is 2.35. The number of nitrogens with zero attached hydrogens (tertiary/aromatic N) is 2. The molecule has 1 aromatic carbocycles. The molecule has 0 fully saturated rings. The summed E-state index contributed by atoms with van der Waals surface area (Å²) in [7, 11) is 0. The Labute approximate surface area is 137 Å². The lowest BCUT2D eigenvalue weighted by atomic mass is 10.2. The summed E-state index contributed by atoms with van der Waals surface area (Å²) in [4.78, 5) is 30.0. The molecule has 0 aliphatic carbocycles. The predicted molar refractivity (Wildman–Crippen MR) is 82.4 cm³/mol. The first-order chi connectivity index (χ1) is 11.5. The Morgan fingerprint density at radius 2 is 2.00 bits per heavy atom. The number of carboxylic acid groups (broad SMARTS) is 1. The summed E-state index contributed by atoms with van der Waals surface area (Å²) in [5, 5.41) is 11.4. The molecule has 2 N–H and O–H groups in total. The van der Waals surface area contributed by atoms with Gasteiger partial charge in [0.2, 0.25) is 0 Å². The van der Waals surface area contributed by atoms with Crippen molar-refractivity contribution in [2.45, 2.75) is 19.4 Å². The molecule has 0 radical (unpaired) electrons. The number of benzene rings is 1. The Balaban J connectivity index is 1.92. The molecule has 2 aromatic rings. The topological polar surface area (TPSA) is 101 Å². The maximum Gasteiger partial charge on any atom is 0.356 e. The predicted octanol–water partition coefficient (Wildman–Crippen LogP) is 1.90. The molecule has 7 nitrogen and oxygen atoms in total. The summed E-state index contributed by atoms with van der Waals surface area (Å²) >= 11 is 0. The zero-order valence-corrected chi connectivity index (χ0v) is 12.9. The average Bonchev–Trinajstić information content (AvgIpc) is 2.58. The number of carboxylic acids is 1. The van der Waals surface area contributed by atoms with Crippen molar-refractivity contribution in [1.29, 1.82) is 0 Å². The summed E-state index contributed by atoms with van der Waals surface area (Å²) in [6, 6.07) is 5.74. The van der Waals surface area contributed by atoms with Crippen LogP contribution in [-0.2, 0) is 0 Å². The number of hydrogen-bond acceptors (Lipinski definition) is 5. The Hall–Kier alpha value is -3.03. The number of ether oxygens (including phenoxy) is 1. The SMILES string of the molecule is CCC(CNC(=O)c1cnc(C(=O)O)cn1)Oc1cccc(F)c1. The van der Waals surface area contributed by atoms with Gasteiger partial charge in [-0.25, -0.2) is 19.2 Å². The van der Waals surface area contributed by atoms with Crippen LogP contribution in [0.2, 0.25) is 0 Å². The van der Waals surface area contributed by atoms with Crippen molar-refractivity contribution in [3.8, 4) is 5.75 Å². The third-order valence-electron chi connectivity index (χ3n) is 3.15. The molecular formula is C16H16FN3O4. The average molecular weight is 333 g/mol. The van der Waals surface area contributed by atoms with Gasteiger partial charge in [0.05, 0.1) is 18.9 Å². The number of nitrogens with one attached hydrogen (secondary N) is 1. The molecule has 0 saturated heterocycles. The van der Waals surface area contributed by atoms with Crippen molar-refractivity contribution in [3.63, 3.8) is 0 Å². The molecule has 0 saturated carbocycles. The van der Waals surface area contributed by atoms with Crippen LogP contribution in [0.15, 0.2) is 36.7 Å². The minimum absolute atomic E-state index is 0.000564. The van der Waals surface area contributed by atoms with Gasteiger partial charge in [0, 0.05) is 6.07 Å². The van der Waals surface area contributed by atoms with Crippen molar-refractivity contribution >= 4 is 11.9 Å². The fraction of sp³-hybridized carbons (Fsp3) is 0.250. The van der Waals surface area contributed by atoms with Gasteiger partial charge in [-0.15, -0.1) is 0 Å². The standard InChI is InChI=1S/C16H16FN3O4/c1-2-11(24-12-5-3-4-10(17)6-12)7-20-15(21)13-8-19-14(9-18-13)16(22)23/h3-6,8-9,11H,2,7H2,1H3,(H,20,21)(H,22,23). The molecule has 2 rings (SSSR count). The zero-order valence-electron chi connectivity index (χ0n) is 12.9. The highest BCUT2D eigenvalue weighted by Crippen LogP contribution is 2.14. The van der Waals surface area contributed by atoms with E-state index in [1.807, 2.05) is 6.92 Å². The number of carbonyl (C=O) groups is 2. The lowest BCUT2D eigenvalue weighted by Crippen LogP contribution is -2.35. The number of carbonyl (C=O) groups excluding carboxylic acids is 1. The zero-order chi connectivity index (χ0) is 17.5. The monoisotopic (exact) mass is 333 g/mol. The van der Waals surface area contributed by atoms with E-state index in [0.29, 0.717) is 12.2 Å². The van der Waals surface area contributed by atoms with Crippen molar-refractivity contribution < 1.29 is 23.8 Å². The first-order valence-corrected chi connectivity index (χ1v) is 7.25. The van der Waals surface area contributed by atoms with Gasteiger partial charge in [-0.2, -0.15) is 0 Å². The molecule has 1 amide bonds. The third-order valence-corrected chi connectivity index (χ3v) is 3.15. The van der Waals surface area contributed by atoms with E-state index < -0.39 is 17.7 Å². The molecule has 0 bridgehead atoms. The highest BCUT2D eigenvalue weighted by molar-refractivity contribution is 5.92. The van der Waals surface area contributed by atoms with E-state index in [4.69, 9.17) is 9.84 Å². The molecule has 126 valence electrons. The number of aromatic nitrogens is 2. The van der Waals surface area contributed by atoms with Crippen molar-refractivity contribution in [2.24, 2.45) is 0 Å². The van der Waals surface area contributed by atoms with Crippen molar-refractivity contribution in [2.75, 3.05) is 6.54 Å². The van der Waals surface area contributed by atoms with E-state index in [9.17, 15) is 14.0 Å². The van der Waals surface area contributed by atoms with Gasteiger partial charge in [-0.1, -0.05) is 13.0 Å². The van der Waals surface area contributed by atoms with Crippen LogP contribution in [0.25, 0.3) is 0 Å². The van der Waals surface area contributed by atoms with Crippen LogP contribution >= 0.6 is 0 Å². The first-order valence-electron chi connectivity index (χ1n) is 7.25. The highest BCUT2D eigenvalue weighted by Gasteiger charge is 2.14. The number of aromatic carboxylic acids is 1. The van der Waals surface area contributed by atoms with Crippen LogP contribution in [0.1, 0.15) is 34.3 Å². The van der Waals surface area contributed by atoms with Crippen LogP contribution in [0, 0.1) is 5.82 Å². The van der Waals surface area contributed by atoms with Gasteiger partial charge in [0.15, 0.2) is 5.69 Å². The lowest BCUT2D eigenvalue weighted by Gasteiger charge is -2.18. The van der Waals surface area contributed by atoms with Gasteiger partial charge >= 0.3 is 5.97 Å². The van der Waals surface area contributed by atoms with Crippen LogP contribution in [0.3, 0.4) is 0 Å². The summed E-state index contributed by atoms with van der Waals surface area (Å²) < 4.78 is 18.8. The number of halogens is 1. The Morgan fingerprint density at radius 1 is 1.29 bits per heavy atom. The molecule has 0 aliphatic rings. The number of amides is 1. The van der Waals surface area contributed by atoms with Gasteiger partial charge < -0.3 is 15.2 Å². The van der Waals surface area contributed by atoms with E-state index in [1.165, 1.54) is 18.2 Å². The Bertz CT molecular complexity index is 722. The van der Waals surface area contributed by atoms with E-state index >= 15 is 0 Å². The molecule has 8 heteroatoms. The van der Waals surface area contributed by atoms with E-state index in [1.54, 1.807) is 6.07 Å². The molecule has 0 spiro atoms. The van der Waals surface area contributed by atoms with Crippen LogP contribution in [0.5, 0.6) is 5.75 Å². The lowest BCUT2D eigenvalue weighted by molar-refractivity contribution is 0.0689. The maximum absolute atomic E-state index is 13.1. The Morgan fingerprint density at radius 3 is 2.58 bits per heavy atom. The van der Waals surface area contributed by atoms with E-state index in [0.717, 1.165) is 12.4 Å². The molecule has 1 aromatic heterocycles. The highest BCUT2D eigenvalue weighted by atomic mass is 19.1. The molecule has 24 heavy (non-hydrogen) atoms. The van der Waals surface area contributed by atoms with Gasteiger partial charge in [-0.3, -0.25) is 4.79 Å². The quantitative estimate of drug-likeness (QED) is 0.802. The van der Waals surface area contributed by atoms with E-state index in [2.05, 4.69) is 15.3 Å². The number of hydrogen-bond donors (Lipinski definition) is 2. The third kappa shape index (κ3) is 4.73. The normalized spacial score (nSPS) is 11.6. The largest absolute Gasteiger partial charge is 0.489 e. The minimum atomic E-state index is -1.22. The van der Waals surface area contributed by atoms with Gasteiger partial charge in [0.1, 0.15) is 23.4 Å². The smallest absolute Gasteiger partial charge is 0.356 e. The van der Waals surface area contributed by atoms with E-state index in [-0.39, 0.29) is 24.0 Å². The second-order valence-corrected chi connectivity index (χ2v) is 4.91. The van der Waals surface area contributed by atoms with Gasteiger partial charge in [0.25, 0.3) is 5.91 Å². The fourth-order valence-electron chi connectivity index (χ4n) is 1.85. The molecule has 1 unspecified atom stereocenters. The molecule has 1 atom stereocenters. The fourth-order valence-corrected chi connectivity index (χ4v) is 1.85. The van der Waals surface area contributed by atoms with Crippen LogP contribution in [-0.4, -0.2) is 39.6 Å². The minimum Gasteiger partial charge on any atom is -0.489 e. The summed E-state index contributed by atoms with van der Waals surface area (Å²) in [5.41, 5.74) is -0.243. The first kappa shape index (κ1) is 17.3. The maximum atomic E-state index is 13.1. The van der Waals surface area contributed by atoms with Crippen LogP contribution < -0.4 is 10.1 Å². The van der Waals surface area contributed by atoms with Crippen molar-refractivity contribution in [1.82, 2.24) is 15.3 Å². The Kier molecular flexibility index (Phi) is 5.78. The molecule has 0 aliphatic heterocycles. The molecular weight excluding hydrogens is 317 g/mol. The van der Waals surface area contributed by atoms with Crippen molar-refractivity contribution in [3.05, 3.63) is 53.9 Å². The second-order valence-electron chi connectivity index (χ2n) is 4.91. The second kappa shape index (κ2) is 8.00. The summed E-state index contributed by atoms with van der Waals surface area (Å²) in [5.74, 6) is -1.74.